The van der Waals surface area contributed by atoms with Crippen LogP contribution < -0.4 is 5.32 Å². The summed E-state index contributed by atoms with van der Waals surface area (Å²) in [5.74, 6) is -1.05. The van der Waals surface area contributed by atoms with Gasteiger partial charge in [0.05, 0.1) is 16.3 Å². The number of aryl methyl sites for hydroxylation is 1. The molecule has 8 heteroatoms. The van der Waals surface area contributed by atoms with Crippen molar-refractivity contribution < 1.29 is 17.6 Å². The SMILES string of the molecule is Cc1sc(S(=O)(=O)CC(C)(C)C)cc1C(=O)Nc1ccc(F)c(Cl)c1. The summed E-state index contributed by atoms with van der Waals surface area (Å²) in [7, 11) is -3.47. The lowest BCUT2D eigenvalue weighted by Gasteiger charge is -2.16. The molecule has 0 saturated heterocycles. The second-order valence-corrected chi connectivity index (χ2v) is 10.8. The molecule has 0 radical (unpaired) electrons. The molecule has 0 atom stereocenters. The third-order valence-electron chi connectivity index (χ3n) is 3.25. The molecule has 0 fully saturated rings. The minimum atomic E-state index is -3.47. The van der Waals surface area contributed by atoms with Crippen molar-refractivity contribution in [3.05, 3.63) is 45.5 Å². The highest BCUT2D eigenvalue weighted by Gasteiger charge is 2.27. The van der Waals surface area contributed by atoms with Crippen LogP contribution in [0.15, 0.2) is 28.5 Å². The normalized spacial score (nSPS) is 12.2. The van der Waals surface area contributed by atoms with E-state index in [-0.39, 0.29) is 26.0 Å². The van der Waals surface area contributed by atoms with Gasteiger partial charge in [0.15, 0.2) is 9.84 Å². The summed E-state index contributed by atoms with van der Waals surface area (Å²) in [6, 6.07) is 5.23. The van der Waals surface area contributed by atoms with E-state index in [0.717, 1.165) is 17.4 Å². The zero-order valence-corrected chi connectivity index (χ0v) is 16.7. The number of thiophene rings is 1. The Hall–Kier alpha value is -1.44. The maximum absolute atomic E-state index is 13.2. The lowest BCUT2D eigenvalue weighted by Crippen LogP contribution is -2.20. The summed E-state index contributed by atoms with van der Waals surface area (Å²) in [6.45, 7) is 7.22. The van der Waals surface area contributed by atoms with E-state index in [1.165, 1.54) is 18.2 Å². The molecule has 2 rings (SSSR count). The average Bonchev–Trinajstić information content (AvgIpc) is 2.83. The molecule has 0 saturated carbocycles. The number of amides is 1. The molecule has 0 aliphatic carbocycles. The van der Waals surface area contributed by atoms with E-state index in [2.05, 4.69) is 5.32 Å². The van der Waals surface area contributed by atoms with Crippen molar-refractivity contribution in [2.45, 2.75) is 31.9 Å². The molecule has 0 aliphatic rings. The van der Waals surface area contributed by atoms with Crippen LogP contribution in [0.5, 0.6) is 0 Å². The van der Waals surface area contributed by atoms with Crippen LogP contribution in [0.25, 0.3) is 0 Å². The molecule has 136 valence electrons. The lowest BCUT2D eigenvalue weighted by atomic mass is 10.0. The standard InChI is InChI=1S/C17H19ClFNO3S2/c1-10-12(8-15(24-10)25(22,23)9-17(2,3)4)16(21)20-11-5-6-14(19)13(18)7-11/h5-8H,9H2,1-4H3,(H,20,21). The topological polar surface area (TPSA) is 63.2 Å². The van der Waals surface area contributed by atoms with Crippen LogP contribution in [0.1, 0.15) is 36.0 Å². The number of nitrogens with one attached hydrogen (secondary N) is 1. The molecular formula is C17H19ClFNO3S2. The summed E-state index contributed by atoms with van der Waals surface area (Å²) in [4.78, 5) is 13.0. The number of sulfone groups is 1. The van der Waals surface area contributed by atoms with Crippen molar-refractivity contribution in [1.29, 1.82) is 0 Å². The number of hydrogen-bond donors (Lipinski definition) is 1. The highest BCUT2D eigenvalue weighted by atomic mass is 35.5. The van der Waals surface area contributed by atoms with Crippen molar-refractivity contribution in [1.82, 2.24) is 0 Å². The molecule has 0 spiro atoms. The number of hydrogen-bond acceptors (Lipinski definition) is 4. The van der Waals surface area contributed by atoms with Gasteiger partial charge in [-0.3, -0.25) is 4.79 Å². The van der Waals surface area contributed by atoms with E-state index < -0.39 is 21.6 Å². The number of benzene rings is 1. The molecule has 1 N–H and O–H groups in total. The molecule has 0 aliphatic heterocycles. The van der Waals surface area contributed by atoms with Gasteiger partial charge in [-0.05, 0) is 36.6 Å². The van der Waals surface area contributed by atoms with Gasteiger partial charge in [0.2, 0.25) is 0 Å². The molecule has 1 aromatic carbocycles. The number of carbonyl (C=O) groups excluding carboxylic acids is 1. The van der Waals surface area contributed by atoms with Crippen molar-refractivity contribution in [3.63, 3.8) is 0 Å². The molecule has 25 heavy (non-hydrogen) atoms. The Morgan fingerprint density at radius 1 is 1.28 bits per heavy atom. The number of rotatable bonds is 4. The van der Waals surface area contributed by atoms with Gasteiger partial charge in [0.25, 0.3) is 5.91 Å². The van der Waals surface area contributed by atoms with Crippen LogP contribution in [0, 0.1) is 18.2 Å². The summed E-state index contributed by atoms with van der Waals surface area (Å²) in [5, 5.41) is 2.50. The van der Waals surface area contributed by atoms with Crippen molar-refractivity contribution in [2.24, 2.45) is 5.41 Å². The molecule has 0 unspecified atom stereocenters. The van der Waals surface area contributed by atoms with E-state index in [1.807, 2.05) is 20.8 Å². The molecule has 1 amide bonds. The maximum atomic E-state index is 13.2. The predicted octanol–water partition coefficient (Wildman–Crippen LogP) is 4.92. The molecule has 4 nitrogen and oxygen atoms in total. The summed E-state index contributed by atoms with van der Waals surface area (Å²) in [6.07, 6.45) is 0. The van der Waals surface area contributed by atoms with E-state index in [9.17, 15) is 17.6 Å². The average molecular weight is 404 g/mol. The van der Waals surface area contributed by atoms with Crippen molar-refractivity contribution >= 4 is 44.4 Å². The first-order valence-corrected chi connectivity index (χ1v) is 10.3. The maximum Gasteiger partial charge on any atom is 0.256 e. The van der Waals surface area contributed by atoms with Crippen LogP contribution in [0.2, 0.25) is 5.02 Å². The molecule has 1 aromatic heterocycles. The summed E-state index contributed by atoms with van der Waals surface area (Å²) in [5.41, 5.74) is 0.225. The highest BCUT2D eigenvalue weighted by Crippen LogP contribution is 2.30. The zero-order chi connectivity index (χ0) is 19.0. The van der Waals surface area contributed by atoms with Gasteiger partial charge in [-0.25, -0.2) is 12.8 Å². The van der Waals surface area contributed by atoms with Gasteiger partial charge < -0.3 is 5.32 Å². The molecule has 2 aromatic rings. The fourth-order valence-corrected chi connectivity index (χ4v) is 5.81. The van der Waals surface area contributed by atoms with Crippen LogP contribution in [-0.2, 0) is 9.84 Å². The van der Waals surface area contributed by atoms with Gasteiger partial charge in [0, 0.05) is 10.6 Å². The summed E-state index contributed by atoms with van der Waals surface area (Å²) < 4.78 is 38.3. The largest absolute Gasteiger partial charge is 0.322 e. The Kier molecular flexibility index (Phi) is 5.61. The van der Waals surface area contributed by atoms with E-state index in [1.54, 1.807) is 6.92 Å². The van der Waals surface area contributed by atoms with Gasteiger partial charge in [-0.2, -0.15) is 0 Å². The van der Waals surface area contributed by atoms with Crippen LogP contribution in [0.4, 0.5) is 10.1 Å². The minimum absolute atomic E-state index is 0.00537. The van der Waals surface area contributed by atoms with Crippen LogP contribution in [-0.4, -0.2) is 20.1 Å². The fourth-order valence-electron chi connectivity index (χ4n) is 2.25. The highest BCUT2D eigenvalue weighted by molar-refractivity contribution is 7.93. The molecule has 0 bridgehead atoms. The van der Waals surface area contributed by atoms with Gasteiger partial charge in [-0.1, -0.05) is 32.4 Å². The first kappa shape index (κ1) is 19.9. The Bertz CT molecular complexity index is 914. The van der Waals surface area contributed by atoms with Crippen LogP contribution >= 0.6 is 22.9 Å². The number of halogens is 2. The van der Waals surface area contributed by atoms with Gasteiger partial charge in [0.1, 0.15) is 10.0 Å². The first-order chi connectivity index (χ1) is 11.4. The second kappa shape index (κ2) is 7.05. The van der Waals surface area contributed by atoms with Crippen LogP contribution in [0.3, 0.4) is 0 Å². The Balaban J connectivity index is 2.27. The predicted molar refractivity (Wildman–Crippen MR) is 99.9 cm³/mol. The molecule has 1 heterocycles. The zero-order valence-electron chi connectivity index (χ0n) is 14.3. The quantitative estimate of drug-likeness (QED) is 0.787. The van der Waals surface area contributed by atoms with E-state index in [0.29, 0.717) is 10.6 Å². The first-order valence-electron chi connectivity index (χ1n) is 7.49. The monoisotopic (exact) mass is 403 g/mol. The Morgan fingerprint density at radius 3 is 2.48 bits per heavy atom. The second-order valence-electron chi connectivity index (χ2n) is 6.94. The van der Waals surface area contributed by atoms with E-state index in [4.69, 9.17) is 11.6 Å². The minimum Gasteiger partial charge on any atom is -0.322 e. The number of anilines is 1. The Morgan fingerprint density at radius 2 is 1.92 bits per heavy atom. The fraction of sp³-hybridized carbons (Fsp3) is 0.353. The third kappa shape index (κ3) is 5.03. The van der Waals surface area contributed by atoms with Gasteiger partial charge >= 0.3 is 0 Å². The van der Waals surface area contributed by atoms with E-state index >= 15 is 0 Å². The molecular weight excluding hydrogens is 385 g/mol. The van der Waals surface area contributed by atoms with Crippen molar-refractivity contribution in [2.75, 3.05) is 11.1 Å². The summed E-state index contributed by atoms with van der Waals surface area (Å²) >= 11 is 6.77. The smallest absolute Gasteiger partial charge is 0.256 e. The lowest BCUT2D eigenvalue weighted by molar-refractivity contribution is 0.102. The van der Waals surface area contributed by atoms with Crippen molar-refractivity contribution in [3.8, 4) is 0 Å². The third-order valence-corrected chi connectivity index (χ3v) is 7.37. The Labute approximate surface area is 155 Å². The number of carbonyl (C=O) groups is 1. The van der Waals surface area contributed by atoms with Gasteiger partial charge in [-0.15, -0.1) is 11.3 Å².